The summed E-state index contributed by atoms with van der Waals surface area (Å²) in [5.41, 5.74) is 1.62. The molecule has 0 unspecified atom stereocenters. The average Bonchev–Trinajstić information content (AvgIpc) is 2.70. The highest BCUT2D eigenvalue weighted by Crippen LogP contribution is 2.20. The van der Waals surface area contributed by atoms with Gasteiger partial charge in [0.25, 0.3) is 11.5 Å². The van der Waals surface area contributed by atoms with Crippen LogP contribution in [0.3, 0.4) is 0 Å². The Bertz CT molecular complexity index is 1150. The minimum Gasteiger partial charge on any atom is -0.465 e. The van der Waals surface area contributed by atoms with E-state index in [0.29, 0.717) is 34.1 Å². The second-order valence-corrected chi connectivity index (χ2v) is 7.25. The molecule has 3 rings (SSSR count). The third kappa shape index (κ3) is 4.18. The summed E-state index contributed by atoms with van der Waals surface area (Å²) >= 11 is 0. The third-order valence-corrected chi connectivity index (χ3v) is 4.52. The van der Waals surface area contributed by atoms with Crippen molar-refractivity contribution in [3.05, 3.63) is 69.6 Å². The molecular weight excluding hydrogens is 370 g/mol. The number of esters is 1. The molecule has 1 amide bonds. The van der Waals surface area contributed by atoms with E-state index in [1.165, 1.54) is 11.8 Å². The molecule has 0 aliphatic rings. The highest BCUT2D eigenvalue weighted by Gasteiger charge is 2.18. The Balaban J connectivity index is 2.02. The van der Waals surface area contributed by atoms with E-state index in [1.54, 1.807) is 49.4 Å². The molecule has 29 heavy (non-hydrogen) atoms. The van der Waals surface area contributed by atoms with Gasteiger partial charge in [0.2, 0.25) is 0 Å². The van der Waals surface area contributed by atoms with Crippen LogP contribution in [0.25, 0.3) is 10.8 Å². The zero-order chi connectivity index (χ0) is 21.1. The number of hydrogen-bond donors (Lipinski definition) is 1. The summed E-state index contributed by atoms with van der Waals surface area (Å²) in [5, 5.41) is 8.13. The maximum Gasteiger partial charge on any atom is 0.337 e. The lowest BCUT2D eigenvalue weighted by Crippen LogP contribution is -2.29. The van der Waals surface area contributed by atoms with Gasteiger partial charge in [-0.3, -0.25) is 9.59 Å². The Morgan fingerprint density at radius 2 is 1.83 bits per heavy atom. The fraction of sp³-hybridized carbons (Fsp3) is 0.273. The predicted octanol–water partition coefficient (Wildman–Crippen LogP) is 3.40. The summed E-state index contributed by atoms with van der Waals surface area (Å²) in [7, 11) is 1.32. The van der Waals surface area contributed by atoms with E-state index >= 15 is 0 Å². The molecular formula is C22H23N3O4. The van der Waals surface area contributed by atoms with Crippen LogP contribution in [0.4, 0.5) is 5.69 Å². The fourth-order valence-electron chi connectivity index (χ4n) is 3.10. The van der Waals surface area contributed by atoms with Gasteiger partial charge in [-0.15, -0.1) is 0 Å². The number of anilines is 1. The van der Waals surface area contributed by atoms with Crippen LogP contribution in [0.15, 0.2) is 47.3 Å². The molecule has 0 radical (unpaired) electrons. The topological polar surface area (TPSA) is 90.3 Å². The fourth-order valence-corrected chi connectivity index (χ4v) is 3.10. The summed E-state index contributed by atoms with van der Waals surface area (Å²) in [5.74, 6) is -0.669. The number of ether oxygens (including phenoxy) is 1. The molecule has 7 heteroatoms. The van der Waals surface area contributed by atoms with Gasteiger partial charge in [0.1, 0.15) is 0 Å². The maximum atomic E-state index is 13.0. The molecule has 0 spiro atoms. The Labute approximate surface area is 168 Å². The number of amides is 1. The molecule has 0 bridgehead atoms. The molecule has 0 saturated heterocycles. The van der Waals surface area contributed by atoms with Crippen LogP contribution >= 0.6 is 0 Å². The molecule has 150 valence electrons. The number of nitrogens with one attached hydrogen (secondary N) is 1. The summed E-state index contributed by atoms with van der Waals surface area (Å²) in [4.78, 5) is 37.4. The van der Waals surface area contributed by atoms with Gasteiger partial charge in [0.15, 0.2) is 5.69 Å². The van der Waals surface area contributed by atoms with Crippen molar-refractivity contribution in [1.29, 1.82) is 0 Å². The van der Waals surface area contributed by atoms with Gasteiger partial charge in [0, 0.05) is 17.6 Å². The third-order valence-electron chi connectivity index (χ3n) is 4.52. The first-order valence-corrected chi connectivity index (χ1v) is 9.32. The van der Waals surface area contributed by atoms with Gasteiger partial charge in [0.05, 0.1) is 18.1 Å². The number of carbonyl (C=O) groups excluding carboxylic acids is 2. The molecule has 0 atom stereocenters. The zero-order valence-corrected chi connectivity index (χ0v) is 16.9. The Hall–Kier alpha value is -3.48. The minimum absolute atomic E-state index is 0.178. The van der Waals surface area contributed by atoms with E-state index < -0.39 is 11.9 Å². The van der Waals surface area contributed by atoms with Crippen LogP contribution in [0.1, 0.15) is 40.3 Å². The van der Waals surface area contributed by atoms with E-state index in [1.807, 2.05) is 13.8 Å². The lowest BCUT2D eigenvalue weighted by atomic mass is 10.1. The number of hydrogen-bond acceptors (Lipinski definition) is 5. The molecule has 2 aromatic carbocycles. The van der Waals surface area contributed by atoms with E-state index in [2.05, 4.69) is 10.4 Å². The number of nitrogens with zero attached hydrogens (tertiary/aromatic N) is 2. The molecule has 7 nitrogen and oxygen atoms in total. The molecule has 3 aromatic rings. The number of fused-ring (bicyclic) bond motifs is 1. The van der Waals surface area contributed by atoms with E-state index in [9.17, 15) is 14.4 Å². The van der Waals surface area contributed by atoms with Crippen molar-refractivity contribution in [2.45, 2.75) is 27.3 Å². The van der Waals surface area contributed by atoms with Crippen LogP contribution in [-0.4, -0.2) is 28.8 Å². The van der Waals surface area contributed by atoms with Crippen molar-refractivity contribution in [3.8, 4) is 0 Å². The second kappa shape index (κ2) is 8.26. The number of carbonyl (C=O) groups is 2. The molecule has 1 heterocycles. The predicted molar refractivity (Wildman–Crippen MR) is 111 cm³/mol. The summed E-state index contributed by atoms with van der Waals surface area (Å²) in [6.07, 6.45) is 0. The number of benzene rings is 2. The Kier molecular flexibility index (Phi) is 5.77. The van der Waals surface area contributed by atoms with Gasteiger partial charge >= 0.3 is 5.97 Å². The van der Waals surface area contributed by atoms with Gasteiger partial charge in [-0.25, -0.2) is 9.48 Å². The molecule has 0 fully saturated rings. The number of rotatable bonds is 5. The minimum atomic E-state index is -0.445. The van der Waals surface area contributed by atoms with Crippen LogP contribution in [0.5, 0.6) is 0 Å². The van der Waals surface area contributed by atoms with Crippen molar-refractivity contribution in [1.82, 2.24) is 9.78 Å². The molecule has 1 aromatic heterocycles. The number of methoxy groups -OCH3 is 1. The Morgan fingerprint density at radius 1 is 1.14 bits per heavy atom. The molecule has 1 N–H and O–H groups in total. The maximum absolute atomic E-state index is 13.0. The standard InChI is InChI=1S/C22H23N3O4/c1-13(2)12-25-21(27)17-8-6-5-7-16(17)19(24-25)20(26)23-18-10-9-15(11-14(18)3)22(28)29-4/h5-11,13H,12H2,1-4H3,(H,23,26). The Morgan fingerprint density at radius 3 is 2.45 bits per heavy atom. The zero-order valence-electron chi connectivity index (χ0n) is 16.9. The van der Waals surface area contributed by atoms with Crippen LogP contribution in [0.2, 0.25) is 0 Å². The van der Waals surface area contributed by atoms with E-state index in [0.717, 1.165) is 0 Å². The van der Waals surface area contributed by atoms with E-state index in [-0.39, 0.29) is 17.2 Å². The number of aromatic nitrogens is 2. The van der Waals surface area contributed by atoms with Crippen LogP contribution < -0.4 is 10.9 Å². The van der Waals surface area contributed by atoms with Crippen molar-refractivity contribution in [2.75, 3.05) is 12.4 Å². The largest absolute Gasteiger partial charge is 0.465 e. The van der Waals surface area contributed by atoms with Gasteiger partial charge in [-0.2, -0.15) is 5.10 Å². The van der Waals surface area contributed by atoms with Gasteiger partial charge < -0.3 is 10.1 Å². The number of aryl methyl sites for hydroxylation is 1. The molecule has 0 aliphatic carbocycles. The lowest BCUT2D eigenvalue weighted by Gasteiger charge is -2.14. The second-order valence-electron chi connectivity index (χ2n) is 7.25. The highest BCUT2D eigenvalue weighted by molar-refractivity contribution is 6.11. The van der Waals surface area contributed by atoms with Gasteiger partial charge in [-0.05, 0) is 42.7 Å². The normalized spacial score (nSPS) is 10.9. The van der Waals surface area contributed by atoms with Crippen molar-refractivity contribution in [2.24, 2.45) is 5.92 Å². The van der Waals surface area contributed by atoms with Crippen molar-refractivity contribution < 1.29 is 14.3 Å². The SMILES string of the molecule is COC(=O)c1ccc(NC(=O)c2nn(CC(C)C)c(=O)c3ccccc23)c(C)c1. The van der Waals surface area contributed by atoms with Gasteiger partial charge in [-0.1, -0.05) is 32.0 Å². The average molecular weight is 393 g/mol. The van der Waals surface area contributed by atoms with Crippen molar-refractivity contribution in [3.63, 3.8) is 0 Å². The first-order valence-electron chi connectivity index (χ1n) is 9.32. The molecule has 0 saturated carbocycles. The van der Waals surface area contributed by atoms with Crippen molar-refractivity contribution >= 4 is 28.3 Å². The lowest BCUT2D eigenvalue weighted by molar-refractivity contribution is 0.0600. The summed E-state index contributed by atoms with van der Waals surface area (Å²) in [6, 6.07) is 11.8. The quantitative estimate of drug-likeness (QED) is 0.671. The smallest absolute Gasteiger partial charge is 0.337 e. The van der Waals surface area contributed by atoms with E-state index in [4.69, 9.17) is 4.74 Å². The first-order chi connectivity index (χ1) is 13.8. The highest BCUT2D eigenvalue weighted by atomic mass is 16.5. The monoisotopic (exact) mass is 393 g/mol. The summed E-state index contributed by atoms with van der Waals surface area (Å²) < 4.78 is 6.06. The molecule has 0 aliphatic heterocycles. The van der Waals surface area contributed by atoms with Crippen LogP contribution in [0, 0.1) is 12.8 Å². The summed E-state index contributed by atoms with van der Waals surface area (Å²) in [6.45, 7) is 6.16. The first kappa shape index (κ1) is 20.3. The van der Waals surface area contributed by atoms with Crippen LogP contribution in [-0.2, 0) is 11.3 Å².